The summed E-state index contributed by atoms with van der Waals surface area (Å²) in [6.45, 7) is 7.48. The quantitative estimate of drug-likeness (QED) is 0.761. The van der Waals surface area contributed by atoms with E-state index in [9.17, 15) is 0 Å². The van der Waals surface area contributed by atoms with Crippen LogP contribution in [0.15, 0.2) is 24.3 Å². The van der Waals surface area contributed by atoms with Gasteiger partial charge < -0.3 is 10.1 Å². The highest BCUT2D eigenvalue weighted by Crippen LogP contribution is 2.27. The maximum atomic E-state index is 6.53. The number of ether oxygens (including phenoxy) is 1. The van der Waals surface area contributed by atoms with E-state index in [1.165, 1.54) is 49.7 Å². The van der Waals surface area contributed by atoms with Gasteiger partial charge in [-0.2, -0.15) is 0 Å². The minimum Gasteiger partial charge on any atom is -0.369 e. The third-order valence-electron chi connectivity index (χ3n) is 4.41. The molecule has 1 aliphatic rings. The van der Waals surface area contributed by atoms with E-state index in [0.29, 0.717) is 12.1 Å². The molecule has 2 nitrogen and oxygen atoms in total. The number of benzene rings is 1. The van der Waals surface area contributed by atoms with Crippen molar-refractivity contribution in [2.45, 2.75) is 77.5 Å². The van der Waals surface area contributed by atoms with Crippen molar-refractivity contribution in [3.8, 4) is 0 Å². The Balaban J connectivity index is 2.06. The molecule has 21 heavy (non-hydrogen) atoms. The molecule has 0 radical (unpaired) electrons. The van der Waals surface area contributed by atoms with Crippen LogP contribution in [0.4, 0.5) is 0 Å². The van der Waals surface area contributed by atoms with Gasteiger partial charge in [0.05, 0.1) is 12.2 Å². The van der Waals surface area contributed by atoms with Gasteiger partial charge in [0, 0.05) is 12.6 Å². The van der Waals surface area contributed by atoms with Crippen LogP contribution in [0.5, 0.6) is 0 Å². The Morgan fingerprint density at radius 2 is 1.76 bits per heavy atom. The van der Waals surface area contributed by atoms with Crippen molar-refractivity contribution < 1.29 is 4.74 Å². The second-order valence-electron chi connectivity index (χ2n) is 6.66. The molecule has 0 heterocycles. The smallest absolute Gasteiger partial charge is 0.0955 e. The van der Waals surface area contributed by atoms with Crippen LogP contribution in [0, 0.1) is 6.92 Å². The van der Waals surface area contributed by atoms with Crippen molar-refractivity contribution >= 4 is 0 Å². The predicted octanol–water partition coefficient (Wildman–Crippen LogP) is 4.77. The fourth-order valence-electron chi connectivity index (χ4n) is 3.13. The number of hydrogen-bond donors (Lipinski definition) is 1. The highest BCUT2D eigenvalue weighted by atomic mass is 16.5. The van der Waals surface area contributed by atoms with Crippen molar-refractivity contribution in [1.82, 2.24) is 5.32 Å². The van der Waals surface area contributed by atoms with E-state index in [1.54, 1.807) is 0 Å². The van der Waals surface area contributed by atoms with Gasteiger partial charge in [-0.1, -0.05) is 63.8 Å². The fraction of sp³-hybridized carbons (Fsp3) is 0.684. The van der Waals surface area contributed by atoms with Crippen molar-refractivity contribution in [2.75, 3.05) is 6.54 Å². The summed E-state index contributed by atoms with van der Waals surface area (Å²) in [7, 11) is 0. The number of aryl methyl sites for hydroxylation is 1. The Morgan fingerprint density at radius 1 is 1.10 bits per heavy atom. The molecule has 1 aromatic rings. The van der Waals surface area contributed by atoms with E-state index >= 15 is 0 Å². The standard InChI is InChI=1S/C19H31NO/c1-15(2)20-14-19(18-13-9-8-10-16(18)3)21-17-11-6-4-5-7-12-17/h8-10,13,15,17,19-20H,4-7,11-12,14H2,1-3H3. The molecule has 2 rings (SSSR count). The van der Waals surface area contributed by atoms with E-state index in [4.69, 9.17) is 4.74 Å². The molecule has 0 amide bonds. The van der Waals surface area contributed by atoms with Gasteiger partial charge in [-0.3, -0.25) is 0 Å². The van der Waals surface area contributed by atoms with Crippen LogP contribution >= 0.6 is 0 Å². The average Bonchev–Trinajstić information content (AvgIpc) is 2.72. The molecule has 1 unspecified atom stereocenters. The minimum atomic E-state index is 0.178. The molecular weight excluding hydrogens is 258 g/mol. The Morgan fingerprint density at radius 3 is 2.38 bits per heavy atom. The molecule has 0 bridgehead atoms. The van der Waals surface area contributed by atoms with Gasteiger partial charge in [0.2, 0.25) is 0 Å². The molecule has 1 fully saturated rings. The second-order valence-corrected chi connectivity index (χ2v) is 6.66. The number of nitrogens with one attached hydrogen (secondary N) is 1. The SMILES string of the molecule is Cc1ccccc1C(CNC(C)C)OC1CCCCCC1. The van der Waals surface area contributed by atoms with Crippen molar-refractivity contribution in [3.63, 3.8) is 0 Å². The monoisotopic (exact) mass is 289 g/mol. The first-order valence-corrected chi connectivity index (χ1v) is 8.61. The molecule has 0 aromatic heterocycles. The van der Waals surface area contributed by atoms with E-state index in [2.05, 4.69) is 50.4 Å². The lowest BCUT2D eigenvalue weighted by Crippen LogP contribution is -2.31. The van der Waals surface area contributed by atoms with Gasteiger partial charge >= 0.3 is 0 Å². The molecule has 1 aliphatic carbocycles. The molecule has 1 saturated carbocycles. The largest absolute Gasteiger partial charge is 0.369 e. The highest BCUT2D eigenvalue weighted by molar-refractivity contribution is 5.28. The number of hydrogen-bond acceptors (Lipinski definition) is 2. The summed E-state index contributed by atoms with van der Waals surface area (Å²) in [5, 5.41) is 3.55. The molecule has 1 N–H and O–H groups in total. The van der Waals surface area contributed by atoms with E-state index < -0.39 is 0 Å². The van der Waals surface area contributed by atoms with E-state index in [1.807, 2.05) is 0 Å². The van der Waals surface area contributed by atoms with Crippen molar-refractivity contribution in [2.24, 2.45) is 0 Å². The molecule has 0 aliphatic heterocycles. The van der Waals surface area contributed by atoms with Crippen LogP contribution in [-0.2, 0) is 4.74 Å². The van der Waals surface area contributed by atoms with Gasteiger partial charge in [-0.05, 0) is 30.9 Å². The zero-order valence-electron chi connectivity index (χ0n) is 13.9. The zero-order chi connectivity index (χ0) is 15.1. The molecule has 1 atom stereocenters. The average molecular weight is 289 g/mol. The third kappa shape index (κ3) is 5.44. The lowest BCUT2D eigenvalue weighted by Gasteiger charge is -2.27. The molecule has 0 spiro atoms. The molecule has 2 heteroatoms. The first kappa shape index (κ1) is 16.5. The maximum Gasteiger partial charge on any atom is 0.0955 e. The summed E-state index contributed by atoms with van der Waals surface area (Å²) < 4.78 is 6.53. The Hall–Kier alpha value is -0.860. The molecule has 1 aromatic carbocycles. The fourth-order valence-corrected chi connectivity index (χ4v) is 3.13. The summed E-state index contributed by atoms with van der Waals surface area (Å²) in [5.41, 5.74) is 2.68. The molecule has 0 saturated heterocycles. The first-order valence-electron chi connectivity index (χ1n) is 8.61. The lowest BCUT2D eigenvalue weighted by molar-refractivity contribution is -0.0211. The second kappa shape index (κ2) is 8.55. The third-order valence-corrected chi connectivity index (χ3v) is 4.41. The summed E-state index contributed by atoms with van der Waals surface area (Å²) in [6.07, 6.45) is 8.46. The van der Waals surface area contributed by atoms with Gasteiger partial charge in [0.25, 0.3) is 0 Å². The molecular formula is C19H31NO. The van der Waals surface area contributed by atoms with Crippen LogP contribution in [0.25, 0.3) is 0 Å². The lowest BCUT2D eigenvalue weighted by atomic mass is 10.0. The maximum absolute atomic E-state index is 6.53. The Labute approximate surface area is 130 Å². The van der Waals surface area contributed by atoms with E-state index in [0.717, 1.165) is 6.54 Å². The predicted molar refractivity (Wildman–Crippen MR) is 89.6 cm³/mol. The van der Waals surface area contributed by atoms with Gasteiger partial charge in [-0.15, -0.1) is 0 Å². The topological polar surface area (TPSA) is 21.3 Å². The van der Waals surface area contributed by atoms with Crippen molar-refractivity contribution in [1.29, 1.82) is 0 Å². The van der Waals surface area contributed by atoms with E-state index in [-0.39, 0.29) is 6.10 Å². The van der Waals surface area contributed by atoms with Gasteiger partial charge in [0.15, 0.2) is 0 Å². The first-order chi connectivity index (χ1) is 10.2. The van der Waals surface area contributed by atoms with Crippen LogP contribution in [0.3, 0.4) is 0 Å². The summed E-state index contributed by atoms with van der Waals surface area (Å²) in [4.78, 5) is 0. The van der Waals surface area contributed by atoms with Crippen LogP contribution in [0.2, 0.25) is 0 Å². The molecule has 118 valence electrons. The van der Waals surface area contributed by atoms with Gasteiger partial charge in [-0.25, -0.2) is 0 Å². The highest BCUT2D eigenvalue weighted by Gasteiger charge is 2.21. The van der Waals surface area contributed by atoms with Crippen LogP contribution in [-0.4, -0.2) is 18.7 Å². The van der Waals surface area contributed by atoms with Gasteiger partial charge in [0.1, 0.15) is 0 Å². The minimum absolute atomic E-state index is 0.178. The van der Waals surface area contributed by atoms with Crippen LogP contribution < -0.4 is 5.32 Å². The summed E-state index contributed by atoms with van der Waals surface area (Å²) >= 11 is 0. The summed E-state index contributed by atoms with van der Waals surface area (Å²) in [5.74, 6) is 0. The summed E-state index contributed by atoms with van der Waals surface area (Å²) in [6, 6.07) is 9.14. The number of rotatable bonds is 6. The zero-order valence-corrected chi connectivity index (χ0v) is 13.9. The van der Waals surface area contributed by atoms with Crippen molar-refractivity contribution in [3.05, 3.63) is 35.4 Å². The van der Waals surface area contributed by atoms with Crippen LogP contribution in [0.1, 0.15) is 69.6 Å². The normalized spacial score (nSPS) is 18.7. The Kier molecular flexibility index (Phi) is 6.72. The Bertz CT molecular complexity index is 408.